The third kappa shape index (κ3) is 4.33. The number of nitrogens with two attached hydrogens (primary N) is 1. The zero-order valence-electron chi connectivity index (χ0n) is 10.2. The molecule has 2 atom stereocenters. The van der Waals surface area contributed by atoms with Gasteiger partial charge < -0.3 is 5.73 Å². The van der Waals surface area contributed by atoms with Crippen molar-refractivity contribution in [2.45, 2.75) is 51.6 Å². The van der Waals surface area contributed by atoms with E-state index >= 15 is 0 Å². The average Bonchev–Trinajstić information content (AvgIpc) is 2.26. The smallest absolute Gasteiger partial charge is 0.0221 e. The summed E-state index contributed by atoms with van der Waals surface area (Å²) in [5.74, 6) is 2.57. The van der Waals surface area contributed by atoms with E-state index in [-0.39, 0.29) is 0 Å². The molecule has 1 fully saturated rings. The number of thioether (sulfide) groups is 1. The normalized spacial score (nSPS) is 25.4. The van der Waals surface area contributed by atoms with Crippen molar-refractivity contribution in [1.82, 2.24) is 4.90 Å². The largest absolute Gasteiger partial charge is 0.329 e. The molecule has 0 spiro atoms. The Morgan fingerprint density at radius 2 is 2.27 bits per heavy atom. The first-order valence-corrected chi connectivity index (χ1v) is 7.48. The molecule has 1 rings (SSSR count). The minimum absolute atomic E-state index is 0.632. The molecule has 15 heavy (non-hydrogen) atoms. The van der Waals surface area contributed by atoms with Crippen molar-refractivity contribution in [3.8, 4) is 0 Å². The summed E-state index contributed by atoms with van der Waals surface area (Å²) in [6.45, 7) is 6.67. The summed E-state index contributed by atoms with van der Waals surface area (Å²) in [5, 5.41) is 0. The quantitative estimate of drug-likeness (QED) is 0.710. The molecule has 0 aromatic carbocycles. The first-order chi connectivity index (χ1) is 7.29. The van der Waals surface area contributed by atoms with Gasteiger partial charge in [-0.3, -0.25) is 4.90 Å². The molecule has 2 nitrogen and oxygen atoms in total. The second-order valence-electron chi connectivity index (χ2n) is 4.55. The van der Waals surface area contributed by atoms with Gasteiger partial charge in [0.2, 0.25) is 0 Å². The van der Waals surface area contributed by atoms with Gasteiger partial charge in [-0.1, -0.05) is 26.2 Å². The summed E-state index contributed by atoms with van der Waals surface area (Å²) in [7, 11) is 0. The molecule has 0 bridgehead atoms. The van der Waals surface area contributed by atoms with Crippen molar-refractivity contribution in [2.75, 3.05) is 24.6 Å². The van der Waals surface area contributed by atoms with Crippen LogP contribution in [-0.2, 0) is 0 Å². The van der Waals surface area contributed by atoms with Crippen LogP contribution in [0.1, 0.15) is 39.5 Å². The SMILES string of the molecule is CCCCCC(CN)N1CCSCC1C. The molecule has 0 radical (unpaired) electrons. The van der Waals surface area contributed by atoms with Crippen molar-refractivity contribution in [2.24, 2.45) is 5.73 Å². The fourth-order valence-electron chi connectivity index (χ4n) is 2.33. The van der Waals surface area contributed by atoms with E-state index < -0.39 is 0 Å². The second kappa shape index (κ2) is 7.53. The van der Waals surface area contributed by atoms with Gasteiger partial charge in [0, 0.05) is 36.7 Å². The number of rotatable bonds is 6. The van der Waals surface area contributed by atoms with Crippen molar-refractivity contribution in [3.63, 3.8) is 0 Å². The number of hydrogen-bond donors (Lipinski definition) is 1. The Morgan fingerprint density at radius 3 is 2.87 bits per heavy atom. The lowest BCUT2D eigenvalue weighted by Crippen LogP contribution is -2.49. The second-order valence-corrected chi connectivity index (χ2v) is 5.70. The lowest BCUT2D eigenvalue weighted by molar-refractivity contribution is 0.154. The van der Waals surface area contributed by atoms with Crippen LogP contribution in [0.15, 0.2) is 0 Å². The monoisotopic (exact) mass is 230 g/mol. The molecule has 0 amide bonds. The Morgan fingerprint density at radius 1 is 1.47 bits per heavy atom. The maximum absolute atomic E-state index is 5.90. The highest BCUT2D eigenvalue weighted by atomic mass is 32.2. The summed E-state index contributed by atoms with van der Waals surface area (Å²) in [6, 6.07) is 1.35. The Kier molecular flexibility index (Phi) is 6.69. The number of unbranched alkanes of at least 4 members (excludes halogenated alkanes) is 2. The number of hydrogen-bond acceptors (Lipinski definition) is 3. The van der Waals surface area contributed by atoms with Crippen molar-refractivity contribution < 1.29 is 0 Å². The predicted octanol–water partition coefficient (Wildman–Crippen LogP) is 2.33. The maximum atomic E-state index is 5.90. The van der Waals surface area contributed by atoms with Crippen LogP contribution in [-0.4, -0.2) is 41.6 Å². The van der Waals surface area contributed by atoms with E-state index in [0.29, 0.717) is 6.04 Å². The van der Waals surface area contributed by atoms with E-state index in [2.05, 4.69) is 30.5 Å². The highest BCUT2D eigenvalue weighted by molar-refractivity contribution is 7.99. The van der Waals surface area contributed by atoms with Gasteiger partial charge in [0.15, 0.2) is 0 Å². The Bertz CT molecular complexity index is 164. The Hall–Kier alpha value is 0.270. The first kappa shape index (κ1) is 13.3. The fraction of sp³-hybridized carbons (Fsp3) is 1.00. The Labute approximate surface area is 99.0 Å². The van der Waals surface area contributed by atoms with Crippen molar-refractivity contribution in [1.29, 1.82) is 0 Å². The summed E-state index contributed by atoms with van der Waals surface area (Å²) in [4.78, 5) is 2.63. The van der Waals surface area contributed by atoms with E-state index in [9.17, 15) is 0 Å². The third-order valence-corrected chi connectivity index (χ3v) is 4.49. The van der Waals surface area contributed by atoms with Gasteiger partial charge in [-0.05, 0) is 13.3 Å². The van der Waals surface area contributed by atoms with Crippen LogP contribution < -0.4 is 5.73 Å². The summed E-state index contributed by atoms with van der Waals surface area (Å²) in [6.07, 6.45) is 5.30. The highest BCUT2D eigenvalue weighted by Crippen LogP contribution is 2.20. The van der Waals surface area contributed by atoms with Gasteiger partial charge in [-0.2, -0.15) is 11.8 Å². The Balaban J connectivity index is 2.34. The van der Waals surface area contributed by atoms with Crippen molar-refractivity contribution >= 4 is 11.8 Å². The average molecular weight is 230 g/mol. The number of nitrogens with zero attached hydrogens (tertiary/aromatic N) is 1. The van der Waals surface area contributed by atoms with E-state index in [1.807, 2.05) is 0 Å². The van der Waals surface area contributed by atoms with Crippen LogP contribution in [0, 0.1) is 0 Å². The topological polar surface area (TPSA) is 29.3 Å². The van der Waals surface area contributed by atoms with Crippen molar-refractivity contribution in [3.05, 3.63) is 0 Å². The van der Waals surface area contributed by atoms with Crippen LogP contribution in [0.25, 0.3) is 0 Å². The molecule has 2 N–H and O–H groups in total. The van der Waals surface area contributed by atoms with Crippen LogP contribution >= 0.6 is 11.8 Å². The molecule has 0 aromatic heterocycles. The molecule has 1 heterocycles. The zero-order chi connectivity index (χ0) is 11.1. The first-order valence-electron chi connectivity index (χ1n) is 6.33. The predicted molar refractivity (Wildman–Crippen MR) is 70.5 cm³/mol. The van der Waals surface area contributed by atoms with Gasteiger partial charge >= 0.3 is 0 Å². The van der Waals surface area contributed by atoms with Gasteiger partial charge in [-0.25, -0.2) is 0 Å². The minimum atomic E-state index is 0.632. The minimum Gasteiger partial charge on any atom is -0.329 e. The molecular formula is C12H26N2S. The molecule has 0 saturated carbocycles. The van der Waals surface area contributed by atoms with Crippen LogP contribution in [0.3, 0.4) is 0 Å². The standard InChI is InChI=1S/C12H26N2S/c1-3-4-5-6-12(9-13)14-7-8-15-10-11(14)2/h11-12H,3-10,13H2,1-2H3. The van der Waals surface area contributed by atoms with Crippen LogP contribution in [0.4, 0.5) is 0 Å². The van der Waals surface area contributed by atoms with E-state index in [1.54, 1.807) is 0 Å². The molecule has 1 saturated heterocycles. The molecule has 0 aromatic rings. The summed E-state index contributed by atoms with van der Waals surface area (Å²) >= 11 is 2.08. The van der Waals surface area contributed by atoms with E-state index in [1.165, 1.54) is 43.7 Å². The molecule has 0 aliphatic carbocycles. The highest BCUT2D eigenvalue weighted by Gasteiger charge is 2.24. The summed E-state index contributed by atoms with van der Waals surface area (Å²) < 4.78 is 0. The molecule has 1 aliphatic rings. The van der Waals surface area contributed by atoms with Gasteiger partial charge in [-0.15, -0.1) is 0 Å². The molecule has 90 valence electrons. The van der Waals surface area contributed by atoms with Crippen LogP contribution in [0.5, 0.6) is 0 Å². The fourth-order valence-corrected chi connectivity index (χ4v) is 3.37. The van der Waals surface area contributed by atoms with Crippen LogP contribution in [0.2, 0.25) is 0 Å². The van der Waals surface area contributed by atoms with E-state index in [4.69, 9.17) is 5.73 Å². The maximum Gasteiger partial charge on any atom is 0.0221 e. The summed E-state index contributed by atoms with van der Waals surface area (Å²) in [5.41, 5.74) is 5.90. The molecule has 1 aliphatic heterocycles. The molecular weight excluding hydrogens is 204 g/mol. The van der Waals surface area contributed by atoms with Gasteiger partial charge in [0.25, 0.3) is 0 Å². The van der Waals surface area contributed by atoms with E-state index in [0.717, 1.165) is 12.6 Å². The van der Waals surface area contributed by atoms with Gasteiger partial charge in [0.05, 0.1) is 0 Å². The zero-order valence-corrected chi connectivity index (χ0v) is 11.1. The third-order valence-electron chi connectivity index (χ3n) is 3.30. The van der Waals surface area contributed by atoms with Gasteiger partial charge in [0.1, 0.15) is 0 Å². The lowest BCUT2D eigenvalue weighted by Gasteiger charge is -2.39. The lowest BCUT2D eigenvalue weighted by atomic mass is 10.1. The molecule has 2 unspecified atom stereocenters. The molecule has 3 heteroatoms.